The molecule has 0 aliphatic carbocycles. The smallest absolute Gasteiger partial charge is 0.311 e. The van der Waals surface area contributed by atoms with Gasteiger partial charge in [-0.05, 0) is 6.92 Å². The third kappa shape index (κ3) is 2.33. The van der Waals surface area contributed by atoms with E-state index in [4.69, 9.17) is 11.5 Å². The van der Waals surface area contributed by atoms with Gasteiger partial charge in [0.15, 0.2) is 0 Å². The topological polar surface area (TPSA) is 78.3 Å². The Morgan fingerprint density at radius 3 is 2.30 bits per heavy atom. The minimum absolute atomic E-state index is 0.238. The zero-order valence-corrected chi connectivity index (χ0v) is 6.33. The van der Waals surface area contributed by atoms with Crippen molar-refractivity contribution in [1.29, 1.82) is 0 Å². The molecule has 0 fully saturated rings. The molecule has 0 amide bonds. The number of nitrogens with two attached hydrogens (primary N) is 2. The SMILES string of the molecule is COC(=O)C(CN)C(C)N. The maximum Gasteiger partial charge on any atom is 0.311 e. The fraction of sp³-hybridized carbons (Fsp3) is 0.833. The summed E-state index contributed by atoms with van der Waals surface area (Å²) in [4.78, 5) is 10.8. The second-order valence-corrected chi connectivity index (χ2v) is 2.22. The van der Waals surface area contributed by atoms with Gasteiger partial charge in [-0.25, -0.2) is 0 Å². The van der Waals surface area contributed by atoms with Crippen LogP contribution in [0.15, 0.2) is 0 Å². The lowest BCUT2D eigenvalue weighted by atomic mass is 10.0. The second-order valence-electron chi connectivity index (χ2n) is 2.22. The van der Waals surface area contributed by atoms with Crippen molar-refractivity contribution in [2.75, 3.05) is 13.7 Å². The van der Waals surface area contributed by atoms with Crippen molar-refractivity contribution in [1.82, 2.24) is 0 Å². The van der Waals surface area contributed by atoms with Crippen LogP contribution in [0.2, 0.25) is 0 Å². The van der Waals surface area contributed by atoms with Gasteiger partial charge in [0.05, 0.1) is 13.0 Å². The van der Waals surface area contributed by atoms with Gasteiger partial charge in [-0.15, -0.1) is 0 Å². The molecule has 0 aliphatic heterocycles. The number of ether oxygens (including phenoxy) is 1. The summed E-state index contributed by atoms with van der Waals surface area (Å²) in [7, 11) is 1.33. The van der Waals surface area contributed by atoms with Gasteiger partial charge in [0, 0.05) is 12.6 Å². The number of hydrogen-bond acceptors (Lipinski definition) is 4. The molecule has 0 aromatic rings. The largest absolute Gasteiger partial charge is 0.469 e. The average Bonchev–Trinajstić information content (AvgIpc) is 1.88. The molecule has 10 heavy (non-hydrogen) atoms. The molecule has 0 aromatic carbocycles. The number of hydrogen-bond donors (Lipinski definition) is 2. The highest BCUT2D eigenvalue weighted by Gasteiger charge is 2.20. The first kappa shape index (κ1) is 9.39. The standard InChI is InChI=1S/C6H14N2O2/c1-4(8)5(3-7)6(9)10-2/h4-5H,3,7-8H2,1-2H3. The Morgan fingerprint density at radius 2 is 2.20 bits per heavy atom. The van der Waals surface area contributed by atoms with E-state index in [1.807, 2.05) is 0 Å². The van der Waals surface area contributed by atoms with Gasteiger partial charge in [-0.1, -0.05) is 0 Å². The van der Waals surface area contributed by atoms with Crippen LogP contribution >= 0.6 is 0 Å². The van der Waals surface area contributed by atoms with Gasteiger partial charge >= 0.3 is 5.97 Å². The Hall–Kier alpha value is -0.610. The van der Waals surface area contributed by atoms with Crippen molar-refractivity contribution in [3.05, 3.63) is 0 Å². The lowest BCUT2D eigenvalue weighted by Crippen LogP contribution is -2.38. The first-order valence-corrected chi connectivity index (χ1v) is 3.17. The van der Waals surface area contributed by atoms with E-state index in [0.29, 0.717) is 0 Å². The van der Waals surface area contributed by atoms with E-state index in [1.54, 1.807) is 6.92 Å². The molecule has 2 atom stereocenters. The maximum absolute atomic E-state index is 10.8. The third-order valence-corrected chi connectivity index (χ3v) is 1.39. The molecule has 0 radical (unpaired) electrons. The lowest BCUT2D eigenvalue weighted by molar-refractivity contribution is -0.145. The molecule has 0 saturated carbocycles. The maximum atomic E-state index is 10.8. The van der Waals surface area contributed by atoms with Crippen LogP contribution in [-0.4, -0.2) is 25.7 Å². The molecule has 4 heteroatoms. The van der Waals surface area contributed by atoms with E-state index in [1.165, 1.54) is 7.11 Å². The highest BCUT2D eigenvalue weighted by atomic mass is 16.5. The molecule has 4 N–H and O–H groups in total. The minimum Gasteiger partial charge on any atom is -0.469 e. The van der Waals surface area contributed by atoms with Gasteiger partial charge in [0.25, 0.3) is 0 Å². The van der Waals surface area contributed by atoms with Gasteiger partial charge < -0.3 is 16.2 Å². The van der Waals surface area contributed by atoms with E-state index < -0.39 is 0 Å². The monoisotopic (exact) mass is 146 g/mol. The normalized spacial score (nSPS) is 16.0. The summed E-state index contributed by atoms with van der Waals surface area (Å²) in [5.41, 5.74) is 10.7. The number of methoxy groups -OCH3 is 1. The molecular weight excluding hydrogens is 132 g/mol. The fourth-order valence-electron chi connectivity index (χ4n) is 0.677. The number of esters is 1. The Kier molecular flexibility index (Phi) is 3.99. The predicted molar refractivity (Wildman–Crippen MR) is 38.2 cm³/mol. The summed E-state index contributed by atoms with van der Waals surface area (Å²) >= 11 is 0. The summed E-state index contributed by atoms with van der Waals surface area (Å²) in [6.07, 6.45) is 0. The summed E-state index contributed by atoms with van der Waals surface area (Å²) in [5.74, 6) is -0.706. The minimum atomic E-state index is -0.370. The van der Waals surface area contributed by atoms with Gasteiger partial charge in [0.1, 0.15) is 0 Å². The van der Waals surface area contributed by atoms with Crippen molar-refractivity contribution >= 4 is 5.97 Å². The van der Waals surface area contributed by atoms with Crippen molar-refractivity contribution in [3.63, 3.8) is 0 Å². The van der Waals surface area contributed by atoms with E-state index in [-0.39, 0.29) is 24.5 Å². The molecule has 0 heterocycles. The molecule has 0 spiro atoms. The first-order valence-electron chi connectivity index (χ1n) is 3.17. The highest BCUT2D eigenvalue weighted by Crippen LogP contribution is 2.00. The van der Waals surface area contributed by atoms with E-state index in [2.05, 4.69) is 4.74 Å². The van der Waals surface area contributed by atoms with Crippen LogP contribution in [-0.2, 0) is 9.53 Å². The lowest BCUT2D eigenvalue weighted by Gasteiger charge is -2.14. The van der Waals surface area contributed by atoms with Gasteiger partial charge in [0.2, 0.25) is 0 Å². The van der Waals surface area contributed by atoms with Crippen LogP contribution in [0.25, 0.3) is 0 Å². The number of carbonyl (C=O) groups excluding carboxylic acids is 1. The molecule has 0 saturated heterocycles. The van der Waals surface area contributed by atoms with Crippen LogP contribution in [0.3, 0.4) is 0 Å². The molecule has 0 aromatic heterocycles. The van der Waals surface area contributed by atoms with E-state index in [9.17, 15) is 4.79 Å². The van der Waals surface area contributed by atoms with Crippen molar-refractivity contribution in [2.45, 2.75) is 13.0 Å². The number of rotatable bonds is 3. The molecule has 60 valence electrons. The predicted octanol–water partition coefficient (Wildman–Crippen LogP) is -0.918. The molecular formula is C6H14N2O2. The molecule has 0 rings (SSSR count). The van der Waals surface area contributed by atoms with Crippen LogP contribution in [0, 0.1) is 5.92 Å². The Balaban J connectivity index is 3.93. The average molecular weight is 146 g/mol. The van der Waals surface area contributed by atoms with E-state index >= 15 is 0 Å². The quantitative estimate of drug-likeness (QED) is 0.505. The van der Waals surface area contributed by atoms with Crippen LogP contribution in [0.5, 0.6) is 0 Å². The van der Waals surface area contributed by atoms with Crippen molar-refractivity contribution < 1.29 is 9.53 Å². The zero-order chi connectivity index (χ0) is 8.15. The van der Waals surface area contributed by atoms with Gasteiger partial charge in [-0.2, -0.15) is 0 Å². The van der Waals surface area contributed by atoms with Crippen molar-refractivity contribution in [3.8, 4) is 0 Å². The zero-order valence-electron chi connectivity index (χ0n) is 6.33. The summed E-state index contributed by atoms with van der Waals surface area (Å²) in [6, 6.07) is -0.238. The Labute approximate surface area is 60.5 Å². The third-order valence-electron chi connectivity index (χ3n) is 1.39. The van der Waals surface area contributed by atoms with Gasteiger partial charge in [-0.3, -0.25) is 4.79 Å². The summed E-state index contributed by atoms with van der Waals surface area (Å²) < 4.78 is 4.47. The second kappa shape index (κ2) is 4.24. The summed E-state index contributed by atoms with van der Waals surface area (Å²) in [5, 5.41) is 0. The first-order chi connectivity index (χ1) is 4.63. The van der Waals surface area contributed by atoms with Crippen LogP contribution in [0.4, 0.5) is 0 Å². The van der Waals surface area contributed by atoms with Crippen LogP contribution in [0.1, 0.15) is 6.92 Å². The number of carbonyl (C=O) groups is 1. The van der Waals surface area contributed by atoms with E-state index in [0.717, 1.165) is 0 Å². The Bertz CT molecular complexity index is 114. The fourth-order valence-corrected chi connectivity index (χ4v) is 0.677. The summed E-state index contributed by atoms with van der Waals surface area (Å²) in [6.45, 7) is 1.97. The molecule has 0 bridgehead atoms. The highest BCUT2D eigenvalue weighted by molar-refractivity contribution is 5.73. The Morgan fingerprint density at radius 1 is 1.70 bits per heavy atom. The van der Waals surface area contributed by atoms with Crippen molar-refractivity contribution in [2.24, 2.45) is 17.4 Å². The molecule has 4 nitrogen and oxygen atoms in total. The molecule has 0 aliphatic rings. The van der Waals surface area contributed by atoms with Crippen LogP contribution < -0.4 is 11.5 Å². The molecule has 2 unspecified atom stereocenters.